The molecule has 1 fully saturated rings. The summed E-state index contributed by atoms with van der Waals surface area (Å²) in [5.74, 6) is 0.708. The lowest BCUT2D eigenvalue weighted by Crippen LogP contribution is -2.26. The van der Waals surface area contributed by atoms with Gasteiger partial charge < -0.3 is 15.2 Å². The molecule has 2 heterocycles. The molecule has 2 aromatic rings. The highest BCUT2D eigenvalue weighted by Crippen LogP contribution is 2.40. The molecule has 1 aliphatic heterocycles. The third kappa shape index (κ3) is 3.39. The number of benzene rings is 1. The predicted octanol–water partition coefficient (Wildman–Crippen LogP) is 2.50. The van der Waals surface area contributed by atoms with Crippen molar-refractivity contribution in [2.45, 2.75) is 50.5 Å². The van der Waals surface area contributed by atoms with Gasteiger partial charge in [-0.2, -0.15) is 5.10 Å². The molecule has 1 aliphatic carbocycles. The van der Waals surface area contributed by atoms with Gasteiger partial charge in [-0.1, -0.05) is 12.8 Å². The fourth-order valence-corrected chi connectivity index (χ4v) is 4.03. The summed E-state index contributed by atoms with van der Waals surface area (Å²) in [6.45, 7) is -0.271. The van der Waals surface area contributed by atoms with E-state index >= 15 is 0 Å². The molecule has 27 heavy (non-hydrogen) atoms. The van der Waals surface area contributed by atoms with Crippen molar-refractivity contribution in [1.29, 1.82) is 0 Å². The number of carboxylic acid groups (broad SMARTS) is 1. The Morgan fingerprint density at radius 1 is 1.37 bits per heavy atom. The summed E-state index contributed by atoms with van der Waals surface area (Å²) in [5.41, 5.74) is 1.57. The number of methoxy groups -OCH3 is 1. The Hall–Kier alpha value is -2.90. The summed E-state index contributed by atoms with van der Waals surface area (Å²) in [4.78, 5) is 28.3. The van der Waals surface area contributed by atoms with Crippen molar-refractivity contribution >= 4 is 17.6 Å². The minimum atomic E-state index is -0.981. The van der Waals surface area contributed by atoms with E-state index in [0.29, 0.717) is 23.1 Å². The van der Waals surface area contributed by atoms with Crippen LogP contribution in [0.2, 0.25) is 0 Å². The van der Waals surface area contributed by atoms with E-state index in [4.69, 9.17) is 9.72 Å². The number of aliphatic carboxylic acids is 1. The first-order valence-corrected chi connectivity index (χ1v) is 9.19. The SMILES string of the molecule is COc1ccc2c(c1)[C@@H](c1nc(C3CCCC3)nn1CC(=O)O)CC(=O)N2. The number of hydrogen-bond acceptors (Lipinski definition) is 5. The number of carbonyl (C=O) groups excluding carboxylic acids is 1. The average molecular weight is 370 g/mol. The molecule has 1 aromatic carbocycles. The summed E-state index contributed by atoms with van der Waals surface area (Å²) >= 11 is 0. The minimum absolute atomic E-state index is 0.120. The Morgan fingerprint density at radius 2 is 2.15 bits per heavy atom. The van der Waals surface area contributed by atoms with Gasteiger partial charge in [0.1, 0.15) is 18.1 Å². The fraction of sp³-hybridized carbons (Fsp3) is 0.474. The summed E-state index contributed by atoms with van der Waals surface area (Å²) in [6, 6.07) is 5.45. The Bertz CT molecular complexity index is 886. The van der Waals surface area contributed by atoms with E-state index < -0.39 is 5.97 Å². The van der Waals surface area contributed by atoms with E-state index in [0.717, 1.165) is 31.2 Å². The third-order valence-corrected chi connectivity index (χ3v) is 5.33. The molecular weight excluding hydrogens is 348 g/mol. The number of carbonyl (C=O) groups is 2. The molecule has 0 spiro atoms. The molecule has 1 atom stereocenters. The number of fused-ring (bicyclic) bond motifs is 1. The average Bonchev–Trinajstić information content (AvgIpc) is 3.30. The fourth-order valence-electron chi connectivity index (χ4n) is 4.03. The number of aromatic nitrogens is 3. The molecule has 2 N–H and O–H groups in total. The molecule has 1 amide bonds. The molecule has 4 rings (SSSR count). The first kappa shape index (κ1) is 17.5. The largest absolute Gasteiger partial charge is 0.497 e. The van der Waals surface area contributed by atoms with Crippen LogP contribution < -0.4 is 10.1 Å². The highest BCUT2D eigenvalue weighted by atomic mass is 16.5. The molecule has 0 unspecified atom stereocenters. The predicted molar refractivity (Wildman–Crippen MR) is 97.0 cm³/mol. The van der Waals surface area contributed by atoms with E-state index in [1.165, 1.54) is 4.68 Å². The normalized spacial score (nSPS) is 19.6. The molecule has 8 nitrogen and oxygen atoms in total. The van der Waals surface area contributed by atoms with Crippen molar-refractivity contribution < 1.29 is 19.4 Å². The molecule has 8 heteroatoms. The molecule has 2 aliphatic rings. The van der Waals surface area contributed by atoms with Gasteiger partial charge in [-0.05, 0) is 36.6 Å². The zero-order valence-corrected chi connectivity index (χ0v) is 15.1. The van der Waals surface area contributed by atoms with Crippen molar-refractivity contribution in [2.75, 3.05) is 12.4 Å². The smallest absolute Gasteiger partial charge is 0.325 e. The highest BCUT2D eigenvalue weighted by Gasteiger charge is 2.33. The van der Waals surface area contributed by atoms with Crippen LogP contribution in [0, 0.1) is 0 Å². The Kier molecular flexibility index (Phi) is 4.55. The lowest BCUT2D eigenvalue weighted by Gasteiger charge is -2.25. The number of amides is 1. The van der Waals surface area contributed by atoms with Crippen LogP contribution in [0.4, 0.5) is 5.69 Å². The Balaban J connectivity index is 1.79. The third-order valence-electron chi connectivity index (χ3n) is 5.33. The van der Waals surface area contributed by atoms with Crippen LogP contribution in [-0.2, 0) is 16.1 Å². The number of carboxylic acids is 1. The first-order chi connectivity index (χ1) is 13.0. The van der Waals surface area contributed by atoms with Crippen molar-refractivity contribution in [2.24, 2.45) is 0 Å². The van der Waals surface area contributed by atoms with E-state index in [9.17, 15) is 14.7 Å². The number of rotatable bonds is 5. The van der Waals surface area contributed by atoms with Crippen LogP contribution in [0.25, 0.3) is 0 Å². The number of hydrogen-bond donors (Lipinski definition) is 2. The maximum Gasteiger partial charge on any atom is 0.325 e. The number of nitrogens with zero attached hydrogens (tertiary/aromatic N) is 3. The molecule has 1 aromatic heterocycles. The van der Waals surface area contributed by atoms with Crippen LogP contribution in [0.5, 0.6) is 5.75 Å². The highest BCUT2D eigenvalue weighted by molar-refractivity contribution is 5.95. The van der Waals surface area contributed by atoms with Gasteiger partial charge in [0.15, 0.2) is 5.82 Å². The van der Waals surface area contributed by atoms with Gasteiger partial charge in [-0.15, -0.1) is 0 Å². The number of anilines is 1. The standard InChI is InChI=1S/C19H22N4O4/c1-27-12-6-7-15-13(8-12)14(9-16(24)20-15)19-21-18(11-4-2-3-5-11)22-23(19)10-17(25)26/h6-8,11,14H,2-5,9-10H2,1H3,(H,20,24)(H,25,26)/t14-/m0/s1. The summed E-state index contributed by atoms with van der Waals surface area (Å²) in [7, 11) is 1.59. The Morgan fingerprint density at radius 3 is 2.85 bits per heavy atom. The molecule has 0 saturated heterocycles. The van der Waals surface area contributed by atoms with Gasteiger partial charge in [-0.25, -0.2) is 9.67 Å². The van der Waals surface area contributed by atoms with Crippen molar-refractivity contribution in [3.05, 3.63) is 35.4 Å². The van der Waals surface area contributed by atoms with Gasteiger partial charge in [-0.3, -0.25) is 9.59 Å². The number of nitrogens with one attached hydrogen (secondary N) is 1. The minimum Gasteiger partial charge on any atom is -0.497 e. The summed E-state index contributed by atoms with van der Waals surface area (Å²) < 4.78 is 6.77. The molecule has 0 radical (unpaired) electrons. The second-order valence-corrected chi connectivity index (χ2v) is 7.12. The maximum absolute atomic E-state index is 12.2. The summed E-state index contributed by atoms with van der Waals surface area (Å²) in [5, 5.41) is 16.7. The lowest BCUT2D eigenvalue weighted by atomic mass is 9.89. The van der Waals surface area contributed by atoms with E-state index in [2.05, 4.69) is 10.4 Å². The number of ether oxygens (including phenoxy) is 1. The van der Waals surface area contributed by atoms with Gasteiger partial charge in [0.2, 0.25) is 5.91 Å². The van der Waals surface area contributed by atoms with Gasteiger partial charge in [0, 0.05) is 18.0 Å². The van der Waals surface area contributed by atoms with E-state index in [-0.39, 0.29) is 30.7 Å². The van der Waals surface area contributed by atoms with Crippen LogP contribution >= 0.6 is 0 Å². The van der Waals surface area contributed by atoms with Gasteiger partial charge in [0.05, 0.1) is 13.0 Å². The van der Waals surface area contributed by atoms with Gasteiger partial charge in [0.25, 0.3) is 0 Å². The maximum atomic E-state index is 12.2. The molecule has 1 saturated carbocycles. The zero-order chi connectivity index (χ0) is 19.0. The topological polar surface area (TPSA) is 106 Å². The van der Waals surface area contributed by atoms with E-state index in [1.807, 2.05) is 6.07 Å². The van der Waals surface area contributed by atoms with Crippen LogP contribution in [-0.4, -0.2) is 38.9 Å². The van der Waals surface area contributed by atoms with E-state index in [1.54, 1.807) is 19.2 Å². The summed E-state index contributed by atoms with van der Waals surface area (Å²) in [6.07, 6.45) is 4.51. The molecule has 0 bridgehead atoms. The van der Waals surface area contributed by atoms with Crippen LogP contribution in [0.15, 0.2) is 18.2 Å². The second-order valence-electron chi connectivity index (χ2n) is 7.12. The quantitative estimate of drug-likeness (QED) is 0.838. The van der Waals surface area contributed by atoms with Gasteiger partial charge >= 0.3 is 5.97 Å². The van der Waals surface area contributed by atoms with Crippen molar-refractivity contribution in [3.63, 3.8) is 0 Å². The monoisotopic (exact) mass is 370 g/mol. The Labute approximate surface area is 156 Å². The first-order valence-electron chi connectivity index (χ1n) is 9.19. The van der Waals surface area contributed by atoms with Crippen LogP contribution in [0.3, 0.4) is 0 Å². The zero-order valence-electron chi connectivity index (χ0n) is 15.1. The van der Waals surface area contributed by atoms with Crippen molar-refractivity contribution in [1.82, 2.24) is 14.8 Å². The van der Waals surface area contributed by atoms with Crippen molar-refractivity contribution in [3.8, 4) is 5.75 Å². The molecule has 142 valence electrons. The lowest BCUT2D eigenvalue weighted by molar-refractivity contribution is -0.138. The van der Waals surface area contributed by atoms with Crippen LogP contribution in [0.1, 0.15) is 61.2 Å². The second kappa shape index (κ2) is 7.02. The molecular formula is C19H22N4O4.